The molecule has 0 spiro atoms. The molecule has 6 heteroatoms. The SMILES string of the molecule is CCCNc1cnn(CCCOCCOC)c(=O)c1. The van der Waals surface area contributed by atoms with Crippen molar-refractivity contribution >= 4 is 5.69 Å². The van der Waals surface area contributed by atoms with Gasteiger partial charge in [0.2, 0.25) is 0 Å². The summed E-state index contributed by atoms with van der Waals surface area (Å²) in [6.45, 7) is 5.27. The molecule has 1 N–H and O–H groups in total. The highest BCUT2D eigenvalue weighted by molar-refractivity contribution is 5.38. The lowest BCUT2D eigenvalue weighted by Crippen LogP contribution is -2.23. The predicted octanol–water partition coefficient (Wildman–Crippen LogP) is 1.12. The maximum atomic E-state index is 11.8. The van der Waals surface area contributed by atoms with Gasteiger partial charge in [-0.25, -0.2) is 4.68 Å². The molecule has 0 aliphatic carbocycles. The Morgan fingerprint density at radius 3 is 2.89 bits per heavy atom. The molecule has 0 amide bonds. The highest BCUT2D eigenvalue weighted by Crippen LogP contribution is 1.99. The van der Waals surface area contributed by atoms with E-state index in [1.807, 2.05) is 0 Å². The van der Waals surface area contributed by atoms with Crippen LogP contribution in [0.2, 0.25) is 0 Å². The Hall–Kier alpha value is -1.40. The monoisotopic (exact) mass is 269 g/mol. The van der Waals surface area contributed by atoms with Crippen molar-refractivity contribution in [3.05, 3.63) is 22.6 Å². The van der Waals surface area contributed by atoms with Crippen LogP contribution in [0, 0.1) is 0 Å². The van der Waals surface area contributed by atoms with E-state index in [9.17, 15) is 4.79 Å². The number of hydrogen-bond donors (Lipinski definition) is 1. The third kappa shape index (κ3) is 6.35. The molecule has 19 heavy (non-hydrogen) atoms. The summed E-state index contributed by atoms with van der Waals surface area (Å²) < 4.78 is 11.7. The summed E-state index contributed by atoms with van der Waals surface area (Å²) in [5, 5.41) is 7.26. The van der Waals surface area contributed by atoms with Crippen LogP contribution in [-0.4, -0.2) is 43.3 Å². The van der Waals surface area contributed by atoms with Crippen LogP contribution in [0.1, 0.15) is 19.8 Å². The molecule has 6 nitrogen and oxygen atoms in total. The number of ether oxygens (including phenoxy) is 2. The molecule has 0 fully saturated rings. The van der Waals surface area contributed by atoms with E-state index >= 15 is 0 Å². The first-order chi connectivity index (χ1) is 9.27. The molecule has 0 aromatic carbocycles. The molecule has 1 heterocycles. The second kappa shape index (κ2) is 9.52. The Morgan fingerprint density at radius 2 is 2.21 bits per heavy atom. The van der Waals surface area contributed by atoms with Gasteiger partial charge in [-0.15, -0.1) is 0 Å². The number of hydrogen-bond acceptors (Lipinski definition) is 5. The van der Waals surface area contributed by atoms with Crippen LogP contribution in [0.4, 0.5) is 5.69 Å². The molecule has 108 valence electrons. The zero-order valence-electron chi connectivity index (χ0n) is 11.7. The molecule has 0 atom stereocenters. The lowest BCUT2D eigenvalue weighted by Gasteiger charge is -2.07. The van der Waals surface area contributed by atoms with Crippen molar-refractivity contribution in [3.63, 3.8) is 0 Å². The van der Waals surface area contributed by atoms with Crippen LogP contribution in [0.3, 0.4) is 0 Å². The Bertz CT molecular complexity index is 406. The first kappa shape index (κ1) is 15.7. The van der Waals surface area contributed by atoms with E-state index < -0.39 is 0 Å². The van der Waals surface area contributed by atoms with Crippen LogP contribution < -0.4 is 10.9 Å². The predicted molar refractivity (Wildman–Crippen MR) is 74.6 cm³/mol. The Kier molecular flexibility index (Phi) is 7.84. The number of nitrogens with one attached hydrogen (secondary N) is 1. The van der Waals surface area contributed by atoms with Crippen LogP contribution in [0.5, 0.6) is 0 Å². The Labute approximate surface area is 113 Å². The topological polar surface area (TPSA) is 65.4 Å². The molecule has 0 radical (unpaired) electrons. The number of methoxy groups -OCH3 is 1. The maximum Gasteiger partial charge on any atom is 0.268 e. The summed E-state index contributed by atoms with van der Waals surface area (Å²) in [7, 11) is 1.64. The number of rotatable bonds is 10. The number of anilines is 1. The van der Waals surface area contributed by atoms with E-state index in [0.717, 1.165) is 25.1 Å². The van der Waals surface area contributed by atoms with E-state index in [0.29, 0.717) is 26.4 Å². The molecule has 0 aliphatic heterocycles. The van der Waals surface area contributed by atoms with Gasteiger partial charge in [-0.3, -0.25) is 4.79 Å². The minimum absolute atomic E-state index is 0.0852. The van der Waals surface area contributed by atoms with E-state index in [1.54, 1.807) is 19.4 Å². The molecule has 1 aromatic rings. The van der Waals surface area contributed by atoms with Gasteiger partial charge in [0.05, 0.1) is 25.1 Å². The molecule has 0 aliphatic rings. The van der Waals surface area contributed by atoms with E-state index in [2.05, 4.69) is 17.3 Å². The molecule has 1 aromatic heterocycles. The zero-order valence-corrected chi connectivity index (χ0v) is 11.7. The van der Waals surface area contributed by atoms with Crippen LogP contribution in [0.15, 0.2) is 17.1 Å². The Morgan fingerprint density at radius 1 is 1.37 bits per heavy atom. The van der Waals surface area contributed by atoms with Crippen LogP contribution in [0.25, 0.3) is 0 Å². The van der Waals surface area contributed by atoms with Crippen molar-refractivity contribution in [2.75, 3.05) is 38.8 Å². The van der Waals surface area contributed by atoms with Crippen molar-refractivity contribution in [3.8, 4) is 0 Å². The second-order valence-corrected chi connectivity index (χ2v) is 4.19. The van der Waals surface area contributed by atoms with E-state index in [-0.39, 0.29) is 5.56 Å². The average Bonchev–Trinajstić information content (AvgIpc) is 2.42. The van der Waals surface area contributed by atoms with Crippen molar-refractivity contribution in [1.29, 1.82) is 0 Å². The van der Waals surface area contributed by atoms with Crippen molar-refractivity contribution in [2.45, 2.75) is 26.3 Å². The van der Waals surface area contributed by atoms with Gasteiger partial charge in [0, 0.05) is 32.9 Å². The number of aryl methyl sites for hydroxylation is 1. The van der Waals surface area contributed by atoms with Gasteiger partial charge in [0.15, 0.2) is 0 Å². The highest BCUT2D eigenvalue weighted by Gasteiger charge is 1.99. The summed E-state index contributed by atoms with van der Waals surface area (Å²) in [6.07, 6.45) is 3.46. The van der Waals surface area contributed by atoms with Gasteiger partial charge in [0.1, 0.15) is 0 Å². The van der Waals surface area contributed by atoms with Gasteiger partial charge in [0.25, 0.3) is 5.56 Å². The highest BCUT2D eigenvalue weighted by atomic mass is 16.5. The van der Waals surface area contributed by atoms with Gasteiger partial charge < -0.3 is 14.8 Å². The lowest BCUT2D eigenvalue weighted by molar-refractivity contribution is 0.0675. The molecule has 0 unspecified atom stereocenters. The number of aromatic nitrogens is 2. The summed E-state index contributed by atoms with van der Waals surface area (Å²) in [4.78, 5) is 11.8. The summed E-state index contributed by atoms with van der Waals surface area (Å²) in [5.74, 6) is 0. The van der Waals surface area contributed by atoms with Gasteiger partial charge in [-0.1, -0.05) is 6.92 Å². The first-order valence-electron chi connectivity index (χ1n) is 6.65. The quantitative estimate of drug-likeness (QED) is 0.645. The molecular formula is C13H23N3O3. The van der Waals surface area contributed by atoms with Crippen LogP contribution in [-0.2, 0) is 16.0 Å². The summed E-state index contributed by atoms with van der Waals surface area (Å²) in [6, 6.07) is 1.58. The minimum Gasteiger partial charge on any atom is -0.384 e. The van der Waals surface area contributed by atoms with Gasteiger partial charge in [-0.05, 0) is 12.8 Å². The summed E-state index contributed by atoms with van der Waals surface area (Å²) >= 11 is 0. The van der Waals surface area contributed by atoms with Crippen molar-refractivity contribution < 1.29 is 9.47 Å². The summed E-state index contributed by atoms with van der Waals surface area (Å²) in [5.41, 5.74) is 0.692. The largest absolute Gasteiger partial charge is 0.384 e. The molecule has 0 saturated heterocycles. The molecule has 0 saturated carbocycles. The average molecular weight is 269 g/mol. The third-order valence-corrected chi connectivity index (χ3v) is 2.54. The first-order valence-corrected chi connectivity index (χ1v) is 6.65. The minimum atomic E-state index is -0.0852. The fraction of sp³-hybridized carbons (Fsp3) is 0.692. The Balaban J connectivity index is 2.32. The van der Waals surface area contributed by atoms with Gasteiger partial charge >= 0.3 is 0 Å². The molecule has 1 rings (SSSR count). The standard InChI is InChI=1S/C13H23N3O3/c1-3-5-14-12-10-13(17)16(15-11-12)6-4-7-19-9-8-18-2/h10-11,14H,3-9H2,1-2H3. The van der Waals surface area contributed by atoms with Crippen molar-refractivity contribution in [1.82, 2.24) is 9.78 Å². The maximum absolute atomic E-state index is 11.8. The van der Waals surface area contributed by atoms with E-state index in [1.165, 1.54) is 4.68 Å². The third-order valence-electron chi connectivity index (χ3n) is 2.54. The molecule has 0 bridgehead atoms. The van der Waals surface area contributed by atoms with Crippen LogP contribution >= 0.6 is 0 Å². The zero-order chi connectivity index (χ0) is 13.9. The smallest absolute Gasteiger partial charge is 0.268 e. The molecular weight excluding hydrogens is 246 g/mol. The van der Waals surface area contributed by atoms with Gasteiger partial charge in [-0.2, -0.15) is 5.10 Å². The number of nitrogens with zero attached hydrogens (tertiary/aromatic N) is 2. The van der Waals surface area contributed by atoms with Crippen molar-refractivity contribution in [2.24, 2.45) is 0 Å². The fourth-order valence-corrected chi connectivity index (χ4v) is 1.53. The fourth-order valence-electron chi connectivity index (χ4n) is 1.53. The van der Waals surface area contributed by atoms with E-state index in [4.69, 9.17) is 9.47 Å². The normalized spacial score (nSPS) is 10.6. The second-order valence-electron chi connectivity index (χ2n) is 4.19. The lowest BCUT2D eigenvalue weighted by atomic mass is 10.4.